The van der Waals surface area contributed by atoms with Crippen LogP contribution in [0.25, 0.3) is 17.2 Å². The fraction of sp³-hybridized carbons (Fsp3) is 0.417. The minimum atomic E-state index is 0.211. The smallest absolute Gasteiger partial charge is 0.322 e. The topological polar surface area (TPSA) is 29.5 Å². The van der Waals surface area contributed by atoms with Gasteiger partial charge in [-0.3, -0.25) is 0 Å². The average molecular weight is 359 g/mol. The lowest BCUT2D eigenvalue weighted by molar-refractivity contribution is 0.304. The molecule has 0 aliphatic heterocycles. The van der Waals surface area contributed by atoms with Gasteiger partial charge in [-0.1, -0.05) is 62.0 Å². The number of rotatable bonds is 4. The first-order valence-corrected chi connectivity index (χ1v) is 10.1. The maximum atomic E-state index is 9.27. The first-order chi connectivity index (χ1) is 13.1. The molecule has 0 bridgehead atoms. The Morgan fingerprint density at radius 2 is 1.70 bits per heavy atom. The van der Waals surface area contributed by atoms with Gasteiger partial charge >= 0.3 is 7.48 Å². The lowest BCUT2D eigenvalue weighted by atomic mass is 9.70. The van der Waals surface area contributed by atoms with E-state index in [1.807, 2.05) is 0 Å². The van der Waals surface area contributed by atoms with E-state index in [-0.39, 0.29) is 5.41 Å². The molecule has 139 valence electrons. The predicted octanol–water partition coefficient (Wildman–Crippen LogP) is 5.48. The highest BCUT2D eigenvalue weighted by molar-refractivity contribution is 6.38. The van der Waals surface area contributed by atoms with Crippen LogP contribution in [0, 0.1) is 0 Å². The van der Waals surface area contributed by atoms with E-state index in [4.69, 9.17) is 4.74 Å². The number of ether oxygens (including phenoxy) is 1. The first kappa shape index (κ1) is 18.4. The van der Waals surface area contributed by atoms with E-state index in [1.54, 1.807) is 7.11 Å². The summed E-state index contributed by atoms with van der Waals surface area (Å²) in [5.74, 6) is 1.02. The quantitative estimate of drug-likeness (QED) is 0.732. The molecule has 1 fully saturated rings. The van der Waals surface area contributed by atoms with E-state index >= 15 is 0 Å². The minimum Gasteiger partial charge on any atom is -0.496 e. The zero-order valence-corrected chi connectivity index (χ0v) is 16.4. The molecule has 0 saturated heterocycles. The predicted molar refractivity (Wildman–Crippen MR) is 113 cm³/mol. The van der Waals surface area contributed by atoms with Crippen molar-refractivity contribution < 1.29 is 9.76 Å². The summed E-state index contributed by atoms with van der Waals surface area (Å²) in [5, 5.41) is 9.27. The third-order valence-electron chi connectivity index (χ3n) is 6.47. The largest absolute Gasteiger partial charge is 0.496 e. The molecule has 2 aliphatic carbocycles. The standard InChI is InChI=1S/C24H28BO2/c1-24(12-4-3-5-13-24)22-16-20(9-11-23(22)27-2)17-6-7-19-15-21(25-26)10-8-18(19)14-17/h6-7,9,11,14-16,26H,3-5,8,10,12-13H2,1-2H3. The molecule has 0 atom stereocenters. The Balaban J connectivity index is 1.73. The van der Waals surface area contributed by atoms with Crippen LogP contribution >= 0.6 is 0 Å². The van der Waals surface area contributed by atoms with Crippen molar-refractivity contribution in [3.8, 4) is 16.9 Å². The number of allylic oxidation sites excluding steroid dienone is 1. The second-order valence-corrected chi connectivity index (χ2v) is 8.30. The molecule has 1 radical (unpaired) electrons. The van der Waals surface area contributed by atoms with E-state index in [1.165, 1.54) is 67.4 Å². The molecule has 1 saturated carbocycles. The van der Waals surface area contributed by atoms with Gasteiger partial charge in [-0.2, -0.15) is 0 Å². The molecule has 2 aromatic rings. The van der Waals surface area contributed by atoms with Crippen LogP contribution in [0.4, 0.5) is 0 Å². The Morgan fingerprint density at radius 3 is 2.44 bits per heavy atom. The molecule has 0 aromatic heterocycles. The van der Waals surface area contributed by atoms with Crippen LogP contribution in [0.3, 0.4) is 0 Å². The Hall–Kier alpha value is -2.00. The summed E-state index contributed by atoms with van der Waals surface area (Å²) in [6.45, 7) is 2.40. The van der Waals surface area contributed by atoms with Crippen molar-refractivity contribution in [1.82, 2.24) is 0 Å². The zero-order chi connectivity index (χ0) is 18.9. The summed E-state index contributed by atoms with van der Waals surface area (Å²) in [6.07, 6.45) is 10.4. The summed E-state index contributed by atoms with van der Waals surface area (Å²) in [6, 6.07) is 13.4. The van der Waals surface area contributed by atoms with Gasteiger partial charge in [0.2, 0.25) is 0 Å². The molecule has 1 N–H and O–H groups in total. The van der Waals surface area contributed by atoms with Gasteiger partial charge in [0.15, 0.2) is 0 Å². The highest BCUT2D eigenvalue weighted by Crippen LogP contribution is 2.44. The van der Waals surface area contributed by atoms with Crippen LogP contribution in [-0.4, -0.2) is 19.6 Å². The average Bonchev–Trinajstić information content (AvgIpc) is 2.73. The lowest BCUT2D eigenvalue weighted by Crippen LogP contribution is -2.25. The molecule has 27 heavy (non-hydrogen) atoms. The number of methoxy groups -OCH3 is 1. The second kappa shape index (κ2) is 7.56. The van der Waals surface area contributed by atoms with Crippen molar-refractivity contribution in [2.75, 3.05) is 7.11 Å². The number of hydrogen-bond acceptors (Lipinski definition) is 2. The van der Waals surface area contributed by atoms with Crippen LogP contribution in [0.15, 0.2) is 41.9 Å². The molecule has 2 aromatic carbocycles. The first-order valence-electron chi connectivity index (χ1n) is 10.1. The number of benzene rings is 2. The van der Waals surface area contributed by atoms with Crippen LogP contribution in [0.1, 0.15) is 62.1 Å². The number of aryl methyl sites for hydroxylation is 1. The van der Waals surface area contributed by atoms with Crippen molar-refractivity contribution in [1.29, 1.82) is 0 Å². The van der Waals surface area contributed by atoms with Crippen LogP contribution in [0.5, 0.6) is 5.75 Å². The van der Waals surface area contributed by atoms with Gasteiger partial charge in [0.05, 0.1) is 7.11 Å². The van der Waals surface area contributed by atoms with E-state index in [9.17, 15) is 5.02 Å². The second-order valence-electron chi connectivity index (χ2n) is 8.30. The van der Waals surface area contributed by atoms with Crippen LogP contribution in [-0.2, 0) is 11.8 Å². The molecule has 0 amide bonds. The molecule has 3 heteroatoms. The minimum absolute atomic E-state index is 0.211. The van der Waals surface area contributed by atoms with E-state index in [2.05, 4.69) is 49.4 Å². The molecule has 0 spiro atoms. The van der Waals surface area contributed by atoms with Gasteiger partial charge in [-0.15, -0.1) is 0 Å². The number of hydrogen-bond donors (Lipinski definition) is 1. The summed E-state index contributed by atoms with van der Waals surface area (Å²) in [7, 11) is 3.02. The molecule has 0 heterocycles. The Labute approximate surface area is 163 Å². The SMILES string of the molecule is COc1ccc(-c2ccc3c(c2)CCC([B]O)=C3)cc1C1(C)CCCCC1. The molecule has 0 unspecified atom stereocenters. The van der Waals surface area contributed by atoms with Crippen molar-refractivity contribution >= 4 is 13.6 Å². The van der Waals surface area contributed by atoms with Gasteiger partial charge in [0.1, 0.15) is 5.75 Å². The van der Waals surface area contributed by atoms with Gasteiger partial charge in [0, 0.05) is 5.56 Å². The monoisotopic (exact) mass is 359 g/mol. The summed E-state index contributed by atoms with van der Waals surface area (Å²) >= 11 is 0. The maximum absolute atomic E-state index is 9.27. The molecule has 4 rings (SSSR count). The highest BCUT2D eigenvalue weighted by Gasteiger charge is 2.31. The maximum Gasteiger partial charge on any atom is 0.322 e. The summed E-state index contributed by atoms with van der Waals surface area (Å²) in [4.78, 5) is 0. The Kier molecular flexibility index (Phi) is 5.14. The molecule has 2 nitrogen and oxygen atoms in total. The van der Waals surface area contributed by atoms with E-state index in [0.29, 0.717) is 0 Å². The normalized spacial score (nSPS) is 18.4. The summed E-state index contributed by atoms with van der Waals surface area (Å²) in [5.41, 5.74) is 7.69. The van der Waals surface area contributed by atoms with Crippen molar-refractivity contribution in [2.24, 2.45) is 0 Å². The zero-order valence-electron chi connectivity index (χ0n) is 16.4. The van der Waals surface area contributed by atoms with Gasteiger partial charge < -0.3 is 9.76 Å². The van der Waals surface area contributed by atoms with E-state index < -0.39 is 0 Å². The Morgan fingerprint density at radius 1 is 0.963 bits per heavy atom. The third-order valence-corrected chi connectivity index (χ3v) is 6.47. The van der Waals surface area contributed by atoms with Gasteiger partial charge in [-0.05, 0) is 65.5 Å². The lowest BCUT2D eigenvalue weighted by Gasteiger charge is -2.35. The van der Waals surface area contributed by atoms with Crippen LogP contribution in [0.2, 0.25) is 0 Å². The fourth-order valence-electron chi connectivity index (χ4n) is 4.76. The third kappa shape index (κ3) is 3.58. The van der Waals surface area contributed by atoms with E-state index in [0.717, 1.165) is 24.1 Å². The summed E-state index contributed by atoms with van der Waals surface area (Å²) < 4.78 is 5.73. The highest BCUT2D eigenvalue weighted by atomic mass is 16.5. The van der Waals surface area contributed by atoms with Crippen molar-refractivity contribution in [3.63, 3.8) is 0 Å². The number of fused-ring (bicyclic) bond motifs is 1. The van der Waals surface area contributed by atoms with Crippen LogP contribution < -0.4 is 4.74 Å². The fourth-order valence-corrected chi connectivity index (χ4v) is 4.76. The molecule has 2 aliphatic rings. The molecular formula is C24H28BO2. The Bertz CT molecular complexity index is 863. The van der Waals surface area contributed by atoms with Gasteiger partial charge in [-0.25, -0.2) is 0 Å². The van der Waals surface area contributed by atoms with Crippen molar-refractivity contribution in [2.45, 2.75) is 57.3 Å². The molecular weight excluding hydrogens is 331 g/mol. The van der Waals surface area contributed by atoms with Gasteiger partial charge in [0.25, 0.3) is 0 Å². The van der Waals surface area contributed by atoms with Crippen molar-refractivity contribution in [3.05, 3.63) is 58.6 Å².